The SMILES string of the molecule is CCN(Sc1cc(-c2nn(CC(O)CN3CCC(N4CCCC4=O)CC3)c3c2CN(S(C)(=O)=O)CC3)ccc1C(F)(F)F)C(=O)CCCNC(=O)OC(C)(C)C. The van der Waals surface area contributed by atoms with Crippen molar-refractivity contribution in [2.45, 2.75) is 115 Å². The zero-order chi connectivity index (χ0) is 41.0. The smallest absolute Gasteiger partial charge is 0.417 e. The molecular weight excluding hydrogens is 776 g/mol. The van der Waals surface area contributed by atoms with E-state index in [2.05, 4.69) is 10.2 Å². The van der Waals surface area contributed by atoms with Crippen molar-refractivity contribution in [2.24, 2.45) is 0 Å². The van der Waals surface area contributed by atoms with Gasteiger partial charge < -0.3 is 25.0 Å². The molecule has 2 fully saturated rings. The fourth-order valence-corrected chi connectivity index (χ4v) is 9.22. The zero-order valence-corrected chi connectivity index (χ0v) is 34.4. The summed E-state index contributed by atoms with van der Waals surface area (Å²) in [7, 11) is -3.61. The fourth-order valence-electron chi connectivity index (χ4n) is 7.41. The van der Waals surface area contributed by atoms with Gasteiger partial charge in [-0.05, 0) is 77.5 Å². The highest BCUT2D eigenvalue weighted by Gasteiger charge is 2.37. The van der Waals surface area contributed by atoms with E-state index in [1.165, 1.54) is 20.7 Å². The van der Waals surface area contributed by atoms with Crippen LogP contribution in [0.3, 0.4) is 0 Å². The number of nitrogens with zero attached hydrogens (tertiary/aromatic N) is 6. The lowest BCUT2D eigenvalue weighted by Gasteiger charge is -2.37. The van der Waals surface area contributed by atoms with Crippen LogP contribution < -0.4 is 5.32 Å². The Morgan fingerprint density at radius 2 is 1.82 bits per heavy atom. The number of sulfonamides is 1. The fraction of sp³-hybridized carbons (Fsp3) is 0.676. The number of fused-ring (bicyclic) bond motifs is 1. The molecule has 19 heteroatoms. The van der Waals surface area contributed by atoms with Crippen molar-refractivity contribution in [3.05, 3.63) is 35.0 Å². The number of carbonyl (C=O) groups is 3. The van der Waals surface area contributed by atoms with Gasteiger partial charge in [-0.2, -0.15) is 22.6 Å². The summed E-state index contributed by atoms with van der Waals surface area (Å²) >= 11 is 0.662. The monoisotopic (exact) mass is 829 g/mol. The number of hydrogen-bond acceptors (Lipinski definition) is 10. The molecule has 1 unspecified atom stereocenters. The number of aliphatic hydroxyl groups is 1. The van der Waals surface area contributed by atoms with Gasteiger partial charge in [-0.3, -0.25) is 18.6 Å². The molecule has 1 atom stereocenters. The third-order valence-electron chi connectivity index (χ3n) is 10.1. The summed E-state index contributed by atoms with van der Waals surface area (Å²) in [5.74, 6) is -0.219. The molecule has 1 aromatic heterocycles. The van der Waals surface area contributed by atoms with Crippen molar-refractivity contribution in [3.8, 4) is 11.3 Å². The van der Waals surface area contributed by atoms with Crippen molar-refractivity contribution >= 4 is 39.9 Å². The van der Waals surface area contributed by atoms with Crippen molar-refractivity contribution in [3.63, 3.8) is 0 Å². The van der Waals surface area contributed by atoms with Gasteiger partial charge in [0.2, 0.25) is 21.8 Å². The minimum atomic E-state index is -4.74. The Balaban J connectivity index is 1.34. The molecule has 14 nitrogen and oxygen atoms in total. The van der Waals surface area contributed by atoms with E-state index in [-0.39, 0.29) is 62.4 Å². The summed E-state index contributed by atoms with van der Waals surface area (Å²) in [5, 5.41) is 18.6. The number of halogens is 3. The number of benzene rings is 1. The maximum atomic E-state index is 14.4. The molecule has 2 aromatic rings. The van der Waals surface area contributed by atoms with Crippen LogP contribution >= 0.6 is 11.9 Å². The molecule has 3 amide bonds. The first-order chi connectivity index (χ1) is 26.2. The number of amides is 3. The molecule has 1 aromatic carbocycles. The quantitative estimate of drug-likeness (QED) is 0.206. The number of aromatic nitrogens is 2. The number of alkyl carbamates (subject to hydrolysis) is 1. The Bertz CT molecular complexity index is 1840. The van der Waals surface area contributed by atoms with Gasteiger partial charge in [-0.15, -0.1) is 0 Å². The van der Waals surface area contributed by atoms with Crippen LogP contribution in [-0.2, 0) is 50.0 Å². The molecule has 56 heavy (non-hydrogen) atoms. The number of likely N-dealkylation sites (tertiary alicyclic amines) is 2. The molecule has 0 aliphatic carbocycles. The van der Waals surface area contributed by atoms with E-state index in [4.69, 9.17) is 9.84 Å². The Hall–Kier alpha value is -3.39. The van der Waals surface area contributed by atoms with Crippen LogP contribution in [-0.4, -0.2) is 129 Å². The first-order valence-electron chi connectivity index (χ1n) is 19.1. The predicted octanol–water partition coefficient (Wildman–Crippen LogP) is 4.49. The molecule has 4 heterocycles. The van der Waals surface area contributed by atoms with Crippen LogP contribution in [0.25, 0.3) is 11.3 Å². The Morgan fingerprint density at radius 1 is 1.11 bits per heavy atom. The average Bonchev–Trinajstić information content (AvgIpc) is 3.70. The van der Waals surface area contributed by atoms with Crippen LogP contribution in [0.5, 0.6) is 0 Å². The molecule has 3 aliphatic heterocycles. The maximum absolute atomic E-state index is 14.4. The first kappa shape index (κ1) is 43.7. The molecule has 0 bridgehead atoms. The van der Waals surface area contributed by atoms with E-state index in [0.717, 1.165) is 51.2 Å². The third kappa shape index (κ3) is 11.4. The van der Waals surface area contributed by atoms with E-state index in [9.17, 15) is 41.1 Å². The lowest BCUT2D eigenvalue weighted by molar-refractivity contribution is -0.140. The summed E-state index contributed by atoms with van der Waals surface area (Å²) in [6.07, 6.45) is -1.49. The van der Waals surface area contributed by atoms with Gasteiger partial charge in [-0.25, -0.2) is 13.2 Å². The number of carbonyl (C=O) groups excluding carboxylic acids is 3. The minimum absolute atomic E-state index is 0.0324. The molecule has 5 rings (SSSR count). The van der Waals surface area contributed by atoms with E-state index >= 15 is 0 Å². The van der Waals surface area contributed by atoms with Gasteiger partial charge in [0.15, 0.2) is 0 Å². The number of piperidine rings is 1. The van der Waals surface area contributed by atoms with Gasteiger partial charge in [0.1, 0.15) is 5.60 Å². The number of ether oxygens (including phenoxy) is 1. The normalized spacial score (nSPS) is 18.2. The second kappa shape index (κ2) is 18.0. The standard InChI is InChI=1S/C37H54F3N7O7S2/c1-6-47(33(50)9-7-16-41-35(51)54-36(2,3)4)55-31-21-25(11-12-29(31)37(38,39)40)34-28-24-44(56(5,52)53)20-15-30(28)46(42-34)23-27(48)22-43-18-13-26(14-19-43)45-17-8-10-32(45)49/h11-12,21,26-27,48H,6-10,13-20,22-24H2,1-5H3,(H,41,51). The summed E-state index contributed by atoms with van der Waals surface area (Å²) < 4.78 is 77.8. The second-order valence-electron chi connectivity index (χ2n) is 15.6. The maximum Gasteiger partial charge on any atom is 0.417 e. The number of alkyl halides is 3. The Kier molecular flexibility index (Phi) is 14.1. The second-order valence-corrected chi connectivity index (χ2v) is 18.6. The van der Waals surface area contributed by atoms with Crippen LogP contribution in [0, 0.1) is 0 Å². The molecule has 0 saturated carbocycles. The Morgan fingerprint density at radius 3 is 2.43 bits per heavy atom. The largest absolute Gasteiger partial charge is 0.444 e. The van der Waals surface area contributed by atoms with Gasteiger partial charge in [0.05, 0.1) is 30.2 Å². The summed E-state index contributed by atoms with van der Waals surface area (Å²) in [4.78, 5) is 41.3. The summed E-state index contributed by atoms with van der Waals surface area (Å²) in [6, 6.07) is 3.77. The van der Waals surface area contributed by atoms with Gasteiger partial charge in [0, 0.05) is 99.4 Å². The van der Waals surface area contributed by atoms with Gasteiger partial charge in [0.25, 0.3) is 0 Å². The molecule has 0 radical (unpaired) electrons. The molecule has 0 spiro atoms. The zero-order valence-electron chi connectivity index (χ0n) is 32.7. The third-order valence-corrected chi connectivity index (χ3v) is 12.6. The van der Waals surface area contributed by atoms with Crippen LogP contribution in [0.15, 0.2) is 23.1 Å². The number of hydrogen-bond donors (Lipinski definition) is 2. The van der Waals surface area contributed by atoms with E-state index in [0.29, 0.717) is 53.8 Å². The first-order valence-corrected chi connectivity index (χ1v) is 21.8. The molecule has 2 N–H and O–H groups in total. The minimum Gasteiger partial charge on any atom is -0.444 e. The highest BCUT2D eigenvalue weighted by Crippen LogP contribution is 2.41. The van der Waals surface area contributed by atoms with Crippen molar-refractivity contribution in [1.82, 2.24) is 33.5 Å². The lowest BCUT2D eigenvalue weighted by atomic mass is 10.0. The summed E-state index contributed by atoms with van der Waals surface area (Å²) in [5.41, 5.74) is 0.218. The number of β-amino-alcohol motifs (C(OH)–C–C–N with tert-alkyl or cyclic N) is 1. The molecular formula is C37H54F3N7O7S2. The highest BCUT2D eigenvalue weighted by atomic mass is 32.2. The molecule has 3 aliphatic rings. The van der Waals surface area contributed by atoms with Crippen molar-refractivity contribution in [1.29, 1.82) is 0 Å². The van der Waals surface area contributed by atoms with E-state index in [1.807, 2.05) is 4.90 Å². The van der Waals surface area contributed by atoms with Crippen LogP contribution in [0.1, 0.15) is 83.0 Å². The number of nitrogens with one attached hydrogen (secondary N) is 1. The van der Waals surface area contributed by atoms with Crippen LogP contribution in [0.2, 0.25) is 0 Å². The topological polar surface area (TPSA) is 158 Å². The molecule has 312 valence electrons. The van der Waals surface area contributed by atoms with Gasteiger partial charge in [-0.1, -0.05) is 6.07 Å². The van der Waals surface area contributed by atoms with Gasteiger partial charge >= 0.3 is 12.3 Å². The number of aliphatic hydroxyl groups excluding tert-OH is 1. The van der Waals surface area contributed by atoms with Crippen molar-refractivity contribution < 1.29 is 45.8 Å². The van der Waals surface area contributed by atoms with E-state index in [1.54, 1.807) is 32.4 Å². The number of rotatable bonds is 14. The summed E-state index contributed by atoms with van der Waals surface area (Å²) in [6.45, 7) is 9.90. The van der Waals surface area contributed by atoms with Crippen molar-refractivity contribution in [2.75, 3.05) is 52.1 Å². The highest BCUT2D eigenvalue weighted by molar-refractivity contribution is 7.97. The Labute approximate surface area is 331 Å². The average molecular weight is 830 g/mol. The predicted molar refractivity (Wildman–Crippen MR) is 205 cm³/mol. The lowest BCUT2D eigenvalue weighted by Crippen LogP contribution is -2.47. The van der Waals surface area contributed by atoms with Crippen LogP contribution in [0.4, 0.5) is 18.0 Å². The van der Waals surface area contributed by atoms with E-state index < -0.39 is 45.5 Å². The molecule has 2 saturated heterocycles.